The fraction of sp³-hybridized carbons (Fsp3) is 0.0833. The zero-order valence-electron chi connectivity index (χ0n) is 10.3. The van der Waals surface area contributed by atoms with Crippen molar-refractivity contribution in [3.63, 3.8) is 0 Å². The predicted molar refractivity (Wildman–Crippen MR) is 74.4 cm³/mol. The van der Waals surface area contributed by atoms with Gasteiger partial charge in [0.25, 0.3) is 5.56 Å². The maximum Gasteiger partial charge on any atom is 0.329 e. The molecule has 0 saturated heterocycles. The fourth-order valence-electron chi connectivity index (χ4n) is 1.44. The van der Waals surface area contributed by atoms with Gasteiger partial charge in [0.15, 0.2) is 5.82 Å². The first-order chi connectivity index (χ1) is 9.09. The van der Waals surface area contributed by atoms with Crippen molar-refractivity contribution in [1.82, 2.24) is 9.55 Å². The van der Waals surface area contributed by atoms with Crippen LogP contribution in [0.4, 0.5) is 11.5 Å². The van der Waals surface area contributed by atoms with Gasteiger partial charge >= 0.3 is 5.69 Å². The Bertz CT molecular complexity index is 715. The van der Waals surface area contributed by atoms with E-state index >= 15 is 0 Å². The fourth-order valence-corrected chi connectivity index (χ4v) is 1.44. The molecule has 1 heterocycles. The van der Waals surface area contributed by atoms with Crippen molar-refractivity contribution in [3.05, 3.63) is 56.7 Å². The number of nitrogens with one attached hydrogen (secondary N) is 2. The molecule has 0 aliphatic heterocycles. The van der Waals surface area contributed by atoms with E-state index < -0.39 is 11.2 Å². The third-order valence-electron chi connectivity index (χ3n) is 2.53. The van der Waals surface area contributed by atoms with Crippen LogP contribution in [0.5, 0.6) is 0 Å². The lowest BCUT2D eigenvalue weighted by molar-refractivity contribution is 0.781. The van der Waals surface area contributed by atoms with E-state index in [0.717, 1.165) is 10.1 Å². The van der Waals surface area contributed by atoms with E-state index in [4.69, 9.17) is 5.73 Å². The first-order valence-corrected chi connectivity index (χ1v) is 5.52. The van der Waals surface area contributed by atoms with Crippen molar-refractivity contribution in [3.8, 4) is 0 Å². The van der Waals surface area contributed by atoms with Crippen LogP contribution in [-0.2, 0) is 7.05 Å². The van der Waals surface area contributed by atoms with E-state index in [9.17, 15) is 9.59 Å². The molecule has 7 nitrogen and oxygen atoms in total. The van der Waals surface area contributed by atoms with Gasteiger partial charge < -0.3 is 5.73 Å². The van der Waals surface area contributed by atoms with E-state index in [0.29, 0.717) is 0 Å². The minimum Gasteiger partial charge on any atom is -0.391 e. The largest absolute Gasteiger partial charge is 0.391 e. The van der Waals surface area contributed by atoms with Crippen molar-refractivity contribution in [1.29, 1.82) is 0 Å². The molecule has 0 amide bonds. The molecular weight excluding hydrogens is 246 g/mol. The Morgan fingerprint density at radius 2 is 2.00 bits per heavy atom. The molecule has 1 aromatic heterocycles. The number of hydrogen-bond acceptors (Lipinski definition) is 5. The Balaban J connectivity index is 2.24. The van der Waals surface area contributed by atoms with Gasteiger partial charge in [0.05, 0.1) is 6.21 Å². The van der Waals surface area contributed by atoms with Crippen molar-refractivity contribution in [2.45, 2.75) is 0 Å². The lowest BCUT2D eigenvalue weighted by atomic mass is 10.2. The molecule has 0 fully saturated rings. The third-order valence-corrected chi connectivity index (χ3v) is 2.53. The Hall–Kier alpha value is -2.83. The second-order valence-corrected chi connectivity index (χ2v) is 3.86. The van der Waals surface area contributed by atoms with Gasteiger partial charge in [-0.05, 0) is 5.56 Å². The smallest absolute Gasteiger partial charge is 0.329 e. The van der Waals surface area contributed by atoms with E-state index in [1.165, 1.54) is 7.05 Å². The van der Waals surface area contributed by atoms with Gasteiger partial charge in [-0.15, -0.1) is 0 Å². The molecular formula is C12H13N5O2. The van der Waals surface area contributed by atoms with Gasteiger partial charge in [-0.2, -0.15) is 5.10 Å². The Labute approximate surface area is 108 Å². The molecule has 0 bridgehead atoms. The van der Waals surface area contributed by atoms with Crippen LogP contribution in [0.15, 0.2) is 45.0 Å². The predicted octanol–water partition coefficient (Wildman–Crippen LogP) is 0.102. The summed E-state index contributed by atoms with van der Waals surface area (Å²) in [5.74, 6) is 0.0836. The average molecular weight is 259 g/mol. The summed E-state index contributed by atoms with van der Waals surface area (Å²) in [4.78, 5) is 25.4. The number of benzene rings is 1. The van der Waals surface area contributed by atoms with Gasteiger partial charge in [-0.25, -0.2) is 4.79 Å². The number of anilines is 2. The highest BCUT2D eigenvalue weighted by atomic mass is 16.2. The zero-order valence-corrected chi connectivity index (χ0v) is 10.3. The van der Waals surface area contributed by atoms with Crippen LogP contribution in [0, 0.1) is 0 Å². The molecule has 7 heteroatoms. The molecule has 0 radical (unpaired) electrons. The zero-order chi connectivity index (χ0) is 13.8. The quantitative estimate of drug-likeness (QED) is 0.537. The number of nitrogens with zero attached hydrogens (tertiary/aromatic N) is 2. The molecule has 4 N–H and O–H groups in total. The maximum absolute atomic E-state index is 11.6. The molecule has 2 aromatic rings. The second-order valence-electron chi connectivity index (χ2n) is 3.86. The molecule has 19 heavy (non-hydrogen) atoms. The van der Waals surface area contributed by atoms with Crippen LogP contribution >= 0.6 is 0 Å². The van der Waals surface area contributed by atoms with Crippen LogP contribution in [0.1, 0.15) is 5.56 Å². The molecule has 2 rings (SSSR count). The molecule has 0 atom stereocenters. The van der Waals surface area contributed by atoms with E-state index in [-0.39, 0.29) is 11.5 Å². The lowest BCUT2D eigenvalue weighted by Gasteiger charge is -2.05. The maximum atomic E-state index is 11.6. The summed E-state index contributed by atoms with van der Waals surface area (Å²) in [6.07, 6.45) is 1.55. The number of rotatable bonds is 3. The van der Waals surface area contributed by atoms with Gasteiger partial charge in [0.1, 0.15) is 5.69 Å². The minimum absolute atomic E-state index is 0.0836. The molecule has 1 aromatic carbocycles. The standard InChI is InChI=1S/C12H13N5O2/c1-17-11(18)9(13)10(15-12(17)19)16-14-7-8-5-3-2-4-6-8/h2-7,16H,13H2,1H3,(H,15,19). The van der Waals surface area contributed by atoms with Gasteiger partial charge in [0.2, 0.25) is 0 Å². The molecule has 0 aliphatic rings. The second kappa shape index (κ2) is 5.21. The summed E-state index contributed by atoms with van der Waals surface area (Å²) >= 11 is 0. The first kappa shape index (κ1) is 12.6. The van der Waals surface area contributed by atoms with Crippen LogP contribution in [-0.4, -0.2) is 15.8 Å². The third kappa shape index (κ3) is 2.71. The van der Waals surface area contributed by atoms with E-state index in [1.54, 1.807) is 6.21 Å². The number of hydrogen-bond donors (Lipinski definition) is 3. The molecule has 0 aliphatic carbocycles. The summed E-state index contributed by atoms with van der Waals surface area (Å²) in [5, 5.41) is 3.91. The minimum atomic E-state index is -0.568. The average Bonchev–Trinajstić information content (AvgIpc) is 2.43. The number of nitrogens with two attached hydrogens (primary N) is 1. The topological polar surface area (TPSA) is 105 Å². The summed E-state index contributed by atoms with van der Waals surface area (Å²) in [6, 6.07) is 9.36. The Kier molecular flexibility index (Phi) is 3.46. The molecule has 98 valence electrons. The number of aromatic nitrogens is 2. The molecule has 0 saturated carbocycles. The molecule has 0 spiro atoms. The normalized spacial score (nSPS) is 10.8. The molecule has 0 unspecified atom stereocenters. The summed E-state index contributed by atoms with van der Waals surface area (Å²) < 4.78 is 0.890. The van der Waals surface area contributed by atoms with E-state index in [2.05, 4.69) is 15.5 Å². The van der Waals surface area contributed by atoms with Gasteiger partial charge in [0, 0.05) is 7.05 Å². The van der Waals surface area contributed by atoms with Gasteiger partial charge in [-0.3, -0.25) is 19.8 Å². The summed E-state index contributed by atoms with van der Waals surface area (Å²) in [5.41, 5.74) is 7.80. The first-order valence-electron chi connectivity index (χ1n) is 5.52. The van der Waals surface area contributed by atoms with Crippen LogP contribution in [0.25, 0.3) is 0 Å². The lowest BCUT2D eigenvalue weighted by Crippen LogP contribution is -2.34. The number of nitrogen functional groups attached to an aromatic ring is 1. The summed E-state index contributed by atoms with van der Waals surface area (Å²) in [6.45, 7) is 0. The van der Waals surface area contributed by atoms with Crippen LogP contribution in [0.2, 0.25) is 0 Å². The van der Waals surface area contributed by atoms with Crippen molar-refractivity contribution < 1.29 is 0 Å². The highest BCUT2D eigenvalue weighted by Crippen LogP contribution is 2.06. The number of H-pyrrole nitrogens is 1. The van der Waals surface area contributed by atoms with Gasteiger partial charge in [-0.1, -0.05) is 30.3 Å². The SMILES string of the molecule is Cn1c(=O)[nH]c(NN=Cc2ccccc2)c(N)c1=O. The van der Waals surface area contributed by atoms with Crippen LogP contribution in [0.3, 0.4) is 0 Å². The van der Waals surface area contributed by atoms with Crippen molar-refractivity contribution in [2.24, 2.45) is 12.1 Å². The van der Waals surface area contributed by atoms with E-state index in [1.807, 2.05) is 30.3 Å². The highest BCUT2D eigenvalue weighted by Gasteiger charge is 2.07. The Morgan fingerprint density at radius 1 is 1.32 bits per heavy atom. The van der Waals surface area contributed by atoms with Crippen LogP contribution < -0.4 is 22.4 Å². The summed E-state index contributed by atoms with van der Waals surface area (Å²) in [7, 11) is 1.34. The van der Waals surface area contributed by atoms with Crippen molar-refractivity contribution in [2.75, 3.05) is 11.2 Å². The van der Waals surface area contributed by atoms with Crippen molar-refractivity contribution >= 4 is 17.7 Å². The number of hydrazone groups is 1. The monoisotopic (exact) mass is 259 g/mol. The Morgan fingerprint density at radius 3 is 2.68 bits per heavy atom. The highest BCUT2D eigenvalue weighted by molar-refractivity contribution is 5.80. The number of aromatic amines is 1.